The first-order valence-electron chi connectivity index (χ1n) is 7.35. The minimum Gasteiger partial charge on any atom is -0.393 e. The summed E-state index contributed by atoms with van der Waals surface area (Å²) < 4.78 is 0. The standard InChI is InChI=1S/C14H26N2O/c1-16-6-2-3-10(9-16)7-12-13-5-4-11(15-13)8-14(12)17/h10-15,17H,2-9H2,1H3. The van der Waals surface area contributed by atoms with E-state index in [4.69, 9.17) is 0 Å². The van der Waals surface area contributed by atoms with Gasteiger partial charge in [0.15, 0.2) is 0 Å². The van der Waals surface area contributed by atoms with E-state index in [1.54, 1.807) is 0 Å². The van der Waals surface area contributed by atoms with Crippen LogP contribution in [0.4, 0.5) is 0 Å². The molecule has 0 aromatic heterocycles. The summed E-state index contributed by atoms with van der Waals surface area (Å²) in [4.78, 5) is 2.45. The van der Waals surface area contributed by atoms with Crippen molar-refractivity contribution in [1.82, 2.24) is 10.2 Å². The van der Waals surface area contributed by atoms with Crippen molar-refractivity contribution < 1.29 is 5.11 Å². The number of nitrogens with zero attached hydrogens (tertiary/aromatic N) is 1. The number of aliphatic hydroxyl groups excluding tert-OH is 1. The molecule has 3 saturated heterocycles. The Bertz CT molecular complexity index is 271. The molecule has 3 rings (SSSR count). The molecular weight excluding hydrogens is 212 g/mol. The zero-order valence-corrected chi connectivity index (χ0v) is 10.9. The summed E-state index contributed by atoms with van der Waals surface area (Å²) in [5.74, 6) is 1.33. The molecule has 0 amide bonds. The van der Waals surface area contributed by atoms with Crippen molar-refractivity contribution in [2.24, 2.45) is 11.8 Å². The molecule has 2 bridgehead atoms. The quantitative estimate of drug-likeness (QED) is 0.759. The lowest BCUT2D eigenvalue weighted by atomic mass is 9.79. The molecule has 98 valence electrons. The highest BCUT2D eigenvalue weighted by molar-refractivity contribution is 4.98. The van der Waals surface area contributed by atoms with E-state index >= 15 is 0 Å². The maximum absolute atomic E-state index is 10.3. The molecule has 0 aliphatic carbocycles. The molecule has 5 atom stereocenters. The summed E-state index contributed by atoms with van der Waals surface area (Å²) in [6.07, 6.45) is 7.45. The lowest BCUT2D eigenvalue weighted by Crippen LogP contribution is -2.49. The number of rotatable bonds is 2. The van der Waals surface area contributed by atoms with E-state index in [9.17, 15) is 5.11 Å². The highest BCUT2D eigenvalue weighted by Gasteiger charge is 2.41. The van der Waals surface area contributed by atoms with Gasteiger partial charge in [-0.2, -0.15) is 0 Å². The Morgan fingerprint density at radius 3 is 3.00 bits per heavy atom. The molecule has 0 aromatic carbocycles. The van der Waals surface area contributed by atoms with Crippen LogP contribution in [0.25, 0.3) is 0 Å². The number of aliphatic hydroxyl groups is 1. The first-order chi connectivity index (χ1) is 8.22. The zero-order chi connectivity index (χ0) is 11.8. The van der Waals surface area contributed by atoms with Crippen LogP contribution in [0.15, 0.2) is 0 Å². The average molecular weight is 238 g/mol. The third-order valence-corrected chi connectivity index (χ3v) is 5.14. The Morgan fingerprint density at radius 2 is 2.18 bits per heavy atom. The summed E-state index contributed by atoms with van der Waals surface area (Å²) >= 11 is 0. The third-order valence-electron chi connectivity index (χ3n) is 5.14. The number of hydrogen-bond donors (Lipinski definition) is 2. The average Bonchev–Trinajstić information content (AvgIpc) is 2.68. The van der Waals surface area contributed by atoms with Gasteiger partial charge in [-0.1, -0.05) is 0 Å². The topological polar surface area (TPSA) is 35.5 Å². The van der Waals surface area contributed by atoms with Crippen LogP contribution in [-0.4, -0.2) is 48.3 Å². The van der Waals surface area contributed by atoms with Gasteiger partial charge in [-0.05, 0) is 58.0 Å². The van der Waals surface area contributed by atoms with Crippen molar-refractivity contribution in [2.45, 2.75) is 56.7 Å². The minimum absolute atomic E-state index is 0.0408. The van der Waals surface area contributed by atoms with Crippen LogP contribution in [0.5, 0.6) is 0 Å². The van der Waals surface area contributed by atoms with E-state index < -0.39 is 0 Å². The van der Waals surface area contributed by atoms with Gasteiger partial charge >= 0.3 is 0 Å². The van der Waals surface area contributed by atoms with Gasteiger partial charge in [-0.15, -0.1) is 0 Å². The number of likely N-dealkylation sites (tertiary alicyclic amines) is 1. The third kappa shape index (κ3) is 2.51. The van der Waals surface area contributed by atoms with Gasteiger partial charge in [0, 0.05) is 24.5 Å². The van der Waals surface area contributed by atoms with E-state index in [0.29, 0.717) is 18.0 Å². The highest BCUT2D eigenvalue weighted by Crippen LogP contribution is 2.36. The Labute approximate surface area is 105 Å². The van der Waals surface area contributed by atoms with Crippen LogP contribution in [0.3, 0.4) is 0 Å². The van der Waals surface area contributed by atoms with Crippen LogP contribution >= 0.6 is 0 Å². The van der Waals surface area contributed by atoms with E-state index in [1.807, 2.05) is 0 Å². The van der Waals surface area contributed by atoms with Gasteiger partial charge in [-0.25, -0.2) is 0 Å². The van der Waals surface area contributed by atoms with Crippen molar-refractivity contribution in [2.75, 3.05) is 20.1 Å². The fourth-order valence-electron chi connectivity index (χ4n) is 4.28. The monoisotopic (exact) mass is 238 g/mol. The van der Waals surface area contributed by atoms with Crippen LogP contribution in [0.1, 0.15) is 38.5 Å². The Kier molecular flexibility index (Phi) is 3.42. The van der Waals surface area contributed by atoms with Crippen molar-refractivity contribution in [3.8, 4) is 0 Å². The smallest absolute Gasteiger partial charge is 0.0598 e. The van der Waals surface area contributed by atoms with Gasteiger partial charge in [0.25, 0.3) is 0 Å². The van der Waals surface area contributed by atoms with Gasteiger partial charge in [0.2, 0.25) is 0 Å². The number of fused-ring (bicyclic) bond motifs is 2. The summed E-state index contributed by atoms with van der Waals surface area (Å²) in [6.45, 7) is 2.49. The molecule has 2 N–H and O–H groups in total. The first-order valence-corrected chi connectivity index (χ1v) is 7.35. The molecular formula is C14H26N2O. The zero-order valence-electron chi connectivity index (χ0n) is 10.9. The molecule has 0 radical (unpaired) electrons. The van der Waals surface area contributed by atoms with E-state index in [-0.39, 0.29) is 6.10 Å². The summed E-state index contributed by atoms with van der Waals surface area (Å²) in [7, 11) is 2.23. The van der Waals surface area contributed by atoms with Crippen LogP contribution in [0, 0.1) is 11.8 Å². The fourth-order valence-corrected chi connectivity index (χ4v) is 4.28. The Hall–Kier alpha value is -0.120. The van der Waals surface area contributed by atoms with Crippen molar-refractivity contribution in [3.05, 3.63) is 0 Å². The van der Waals surface area contributed by atoms with Crippen LogP contribution < -0.4 is 5.32 Å². The molecule has 3 heteroatoms. The maximum atomic E-state index is 10.3. The molecule has 3 aliphatic heterocycles. The van der Waals surface area contributed by atoms with Gasteiger partial charge in [0.1, 0.15) is 0 Å². The SMILES string of the molecule is CN1CCCC(CC2C(O)CC3CCC2N3)C1. The van der Waals surface area contributed by atoms with Crippen molar-refractivity contribution in [3.63, 3.8) is 0 Å². The van der Waals surface area contributed by atoms with E-state index in [2.05, 4.69) is 17.3 Å². The second-order valence-corrected chi connectivity index (χ2v) is 6.52. The molecule has 5 unspecified atom stereocenters. The Morgan fingerprint density at radius 1 is 1.29 bits per heavy atom. The highest BCUT2D eigenvalue weighted by atomic mass is 16.3. The second kappa shape index (κ2) is 4.87. The van der Waals surface area contributed by atoms with Crippen LogP contribution in [-0.2, 0) is 0 Å². The molecule has 3 nitrogen and oxygen atoms in total. The molecule has 0 saturated carbocycles. The molecule has 0 spiro atoms. The normalized spacial score (nSPS) is 47.3. The molecule has 17 heavy (non-hydrogen) atoms. The van der Waals surface area contributed by atoms with Crippen LogP contribution in [0.2, 0.25) is 0 Å². The van der Waals surface area contributed by atoms with Gasteiger partial charge in [0.05, 0.1) is 6.10 Å². The van der Waals surface area contributed by atoms with Gasteiger partial charge < -0.3 is 15.3 Å². The molecule has 0 aromatic rings. The maximum Gasteiger partial charge on any atom is 0.0598 e. The summed E-state index contributed by atoms with van der Waals surface area (Å²) in [5, 5.41) is 14.0. The second-order valence-electron chi connectivity index (χ2n) is 6.52. The first kappa shape index (κ1) is 11.9. The minimum atomic E-state index is -0.0408. The van der Waals surface area contributed by atoms with E-state index in [0.717, 1.165) is 12.3 Å². The molecule has 3 aliphatic rings. The predicted octanol–water partition coefficient (Wildman–Crippen LogP) is 1.22. The predicted molar refractivity (Wildman–Crippen MR) is 68.9 cm³/mol. The van der Waals surface area contributed by atoms with E-state index in [1.165, 1.54) is 45.2 Å². The Balaban J connectivity index is 1.59. The lowest BCUT2D eigenvalue weighted by Gasteiger charge is -2.39. The number of nitrogens with one attached hydrogen (secondary N) is 1. The van der Waals surface area contributed by atoms with Crippen molar-refractivity contribution in [1.29, 1.82) is 0 Å². The molecule has 3 heterocycles. The largest absolute Gasteiger partial charge is 0.393 e. The molecule has 3 fully saturated rings. The number of hydrogen-bond acceptors (Lipinski definition) is 3. The van der Waals surface area contributed by atoms with Gasteiger partial charge in [-0.3, -0.25) is 0 Å². The van der Waals surface area contributed by atoms with Crippen molar-refractivity contribution >= 4 is 0 Å². The number of piperidine rings is 2. The summed E-state index contributed by atoms with van der Waals surface area (Å²) in [6, 6.07) is 1.22. The fraction of sp³-hybridized carbons (Fsp3) is 1.00. The lowest BCUT2D eigenvalue weighted by molar-refractivity contribution is 0.0312. The summed E-state index contributed by atoms with van der Waals surface area (Å²) in [5.41, 5.74) is 0.